The Morgan fingerprint density at radius 3 is 2.28 bits per heavy atom. The van der Waals surface area contributed by atoms with Gasteiger partial charge in [-0.3, -0.25) is 0 Å². The maximum absolute atomic E-state index is 12.9. The predicted molar refractivity (Wildman–Crippen MR) is 102 cm³/mol. The van der Waals surface area contributed by atoms with Crippen LogP contribution in [0.2, 0.25) is 0 Å². The largest absolute Gasteiger partial charge is 0.496 e. The van der Waals surface area contributed by atoms with E-state index in [1.165, 1.54) is 13.2 Å². The highest BCUT2D eigenvalue weighted by Crippen LogP contribution is 2.30. The van der Waals surface area contributed by atoms with Crippen LogP contribution in [-0.4, -0.2) is 22.6 Å². The maximum Gasteiger partial charge on any atom is 0.244 e. The van der Waals surface area contributed by atoms with E-state index < -0.39 is 10.0 Å². The van der Waals surface area contributed by atoms with Crippen molar-refractivity contribution in [1.29, 1.82) is 0 Å². The fraction of sp³-hybridized carbons (Fsp3) is 0.333. The van der Waals surface area contributed by atoms with Gasteiger partial charge in [-0.15, -0.1) is 0 Å². The average Bonchev–Trinajstić information content (AvgIpc) is 2.59. The lowest BCUT2D eigenvalue weighted by atomic mass is 10.0. The third-order valence-electron chi connectivity index (χ3n) is 3.94. The molecule has 25 heavy (non-hydrogen) atoms. The Kier molecular flexibility index (Phi) is 6.48. The third kappa shape index (κ3) is 4.54. The number of methoxy groups -OCH3 is 2. The number of hydrogen-bond acceptors (Lipinski definition) is 4. The monoisotopic (exact) mass is 427 g/mol. The van der Waals surface area contributed by atoms with Gasteiger partial charge in [0.15, 0.2) is 0 Å². The Morgan fingerprint density at radius 1 is 1.08 bits per heavy atom. The Labute approximate surface area is 157 Å². The second kappa shape index (κ2) is 8.21. The highest BCUT2D eigenvalue weighted by molar-refractivity contribution is 9.10. The number of rotatable bonds is 7. The van der Waals surface area contributed by atoms with E-state index in [1.54, 1.807) is 19.2 Å². The summed E-state index contributed by atoms with van der Waals surface area (Å²) in [6.07, 6.45) is 0.612. The zero-order chi connectivity index (χ0) is 18.6. The first-order valence-corrected chi connectivity index (χ1v) is 10.1. The third-order valence-corrected chi connectivity index (χ3v) is 5.93. The zero-order valence-corrected chi connectivity index (χ0v) is 17.1. The van der Waals surface area contributed by atoms with Crippen molar-refractivity contribution in [2.75, 3.05) is 14.2 Å². The topological polar surface area (TPSA) is 64.6 Å². The smallest absolute Gasteiger partial charge is 0.244 e. The number of nitrogens with one attached hydrogen (secondary N) is 1. The van der Waals surface area contributed by atoms with Crippen LogP contribution < -0.4 is 14.2 Å². The first-order chi connectivity index (χ1) is 11.8. The van der Waals surface area contributed by atoms with Gasteiger partial charge in [0.1, 0.15) is 16.4 Å². The van der Waals surface area contributed by atoms with Crippen LogP contribution in [0.5, 0.6) is 11.5 Å². The van der Waals surface area contributed by atoms with Crippen molar-refractivity contribution in [3.05, 3.63) is 52.0 Å². The molecule has 0 heterocycles. The molecule has 1 atom stereocenters. The van der Waals surface area contributed by atoms with Gasteiger partial charge in [0.2, 0.25) is 10.0 Å². The fourth-order valence-corrected chi connectivity index (χ4v) is 4.63. The van der Waals surface area contributed by atoms with Gasteiger partial charge in [-0.05, 0) is 48.7 Å². The van der Waals surface area contributed by atoms with Crippen LogP contribution >= 0.6 is 15.9 Å². The summed E-state index contributed by atoms with van der Waals surface area (Å²) >= 11 is 3.31. The molecule has 0 saturated carbocycles. The molecule has 0 saturated heterocycles. The number of hydrogen-bond donors (Lipinski definition) is 1. The minimum atomic E-state index is -3.75. The Balaban J connectivity index is 2.38. The minimum Gasteiger partial charge on any atom is -0.496 e. The zero-order valence-electron chi connectivity index (χ0n) is 14.7. The summed E-state index contributed by atoms with van der Waals surface area (Å²) in [4.78, 5) is 0.105. The van der Waals surface area contributed by atoms with E-state index in [0.717, 1.165) is 16.9 Å². The molecule has 5 nitrogen and oxygen atoms in total. The summed E-state index contributed by atoms with van der Waals surface area (Å²) in [5.41, 5.74) is 1.84. The molecule has 2 aromatic carbocycles. The van der Waals surface area contributed by atoms with Crippen molar-refractivity contribution in [2.45, 2.75) is 31.2 Å². The molecular weight excluding hydrogens is 406 g/mol. The van der Waals surface area contributed by atoms with E-state index >= 15 is 0 Å². The van der Waals surface area contributed by atoms with Gasteiger partial charge in [0, 0.05) is 10.5 Å². The van der Waals surface area contributed by atoms with E-state index in [-0.39, 0.29) is 10.9 Å². The molecule has 2 aromatic rings. The molecule has 0 aliphatic heterocycles. The van der Waals surface area contributed by atoms with E-state index in [2.05, 4.69) is 20.7 Å². The molecule has 1 N–H and O–H groups in total. The highest BCUT2D eigenvalue weighted by atomic mass is 79.9. The molecular formula is C18H22BrNO4S. The first-order valence-electron chi connectivity index (χ1n) is 7.82. The molecule has 0 fully saturated rings. The number of aryl methyl sites for hydroxylation is 1. The SMILES string of the molecule is CC[C@H](NS(=O)(=O)c1cc(Br)ccc1OC)c1ccc(OC)c(C)c1. The summed E-state index contributed by atoms with van der Waals surface area (Å²) < 4.78 is 39.7. The first kappa shape index (κ1) is 19.8. The van der Waals surface area contributed by atoms with Crippen LogP contribution in [0, 0.1) is 6.92 Å². The van der Waals surface area contributed by atoms with Crippen LogP contribution in [0.3, 0.4) is 0 Å². The average molecular weight is 428 g/mol. The fourth-order valence-electron chi connectivity index (χ4n) is 2.62. The van der Waals surface area contributed by atoms with Crippen LogP contribution in [0.1, 0.15) is 30.5 Å². The van der Waals surface area contributed by atoms with E-state index in [4.69, 9.17) is 9.47 Å². The summed E-state index contributed by atoms with van der Waals surface area (Å²) in [5, 5.41) is 0. The van der Waals surface area contributed by atoms with Gasteiger partial charge in [0.05, 0.1) is 14.2 Å². The lowest BCUT2D eigenvalue weighted by Gasteiger charge is -2.20. The van der Waals surface area contributed by atoms with Crippen LogP contribution in [0.15, 0.2) is 45.8 Å². The molecule has 0 unspecified atom stereocenters. The van der Waals surface area contributed by atoms with Gasteiger partial charge in [-0.1, -0.05) is 35.0 Å². The molecule has 0 bridgehead atoms. The summed E-state index contributed by atoms with van der Waals surface area (Å²) in [7, 11) is -0.686. The van der Waals surface area contributed by atoms with Crippen molar-refractivity contribution in [3.63, 3.8) is 0 Å². The normalized spacial score (nSPS) is 12.7. The van der Waals surface area contributed by atoms with Crippen molar-refractivity contribution in [2.24, 2.45) is 0 Å². The predicted octanol–water partition coefficient (Wildman–Crippen LogP) is 4.20. The van der Waals surface area contributed by atoms with Gasteiger partial charge in [-0.25, -0.2) is 13.1 Å². The Bertz CT molecular complexity index is 852. The number of sulfonamides is 1. The quantitative estimate of drug-likeness (QED) is 0.718. The maximum atomic E-state index is 12.9. The van der Waals surface area contributed by atoms with E-state index in [9.17, 15) is 8.42 Å². The molecule has 2 rings (SSSR count). The number of halogens is 1. The van der Waals surface area contributed by atoms with Gasteiger partial charge >= 0.3 is 0 Å². The highest BCUT2D eigenvalue weighted by Gasteiger charge is 2.24. The number of ether oxygens (including phenoxy) is 2. The van der Waals surface area contributed by atoms with Gasteiger partial charge in [0.25, 0.3) is 0 Å². The summed E-state index contributed by atoms with van der Waals surface area (Å²) in [6.45, 7) is 3.87. The lowest BCUT2D eigenvalue weighted by Crippen LogP contribution is -2.28. The van der Waals surface area contributed by atoms with Crippen LogP contribution in [0.4, 0.5) is 0 Å². The number of benzene rings is 2. The van der Waals surface area contributed by atoms with Gasteiger partial charge in [-0.2, -0.15) is 0 Å². The Hall–Kier alpha value is -1.57. The van der Waals surface area contributed by atoms with E-state index in [1.807, 2.05) is 32.0 Å². The van der Waals surface area contributed by atoms with E-state index in [0.29, 0.717) is 16.6 Å². The molecule has 0 amide bonds. The molecule has 136 valence electrons. The molecule has 7 heteroatoms. The lowest BCUT2D eigenvalue weighted by molar-refractivity contribution is 0.401. The standard InChI is InChI=1S/C18H22BrNO4S/c1-5-15(13-6-8-16(23-3)12(2)10-13)20-25(21,22)18-11-14(19)7-9-17(18)24-4/h6-11,15,20H,5H2,1-4H3/t15-/m0/s1. The van der Waals surface area contributed by atoms with Crippen molar-refractivity contribution >= 4 is 26.0 Å². The molecule has 0 spiro atoms. The Morgan fingerprint density at radius 2 is 1.72 bits per heavy atom. The molecule has 0 radical (unpaired) electrons. The minimum absolute atomic E-state index is 0.105. The van der Waals surface area contributed by atoms with Crippen LogP contribution in [-0.2, 0) is 10.0 Å². The summed E-state index contributed by atoms with van der Waals surface area (Å²) in [5.74, 6) is 1.08. The summed E-state index contributed by atoms with van der Waals surface area (Å²) in [6, 6.07) is 10.2. The van der Waals surface area contributed by atoms with Crippen LogP contribution in [0.25, 0.3) is 0 Å². The molecule has 0 aromatic heterocycles. The second-order valence-electron chi connectivity index (χ2n) is 5.61. The van der Waals surface area contributed by atoms with Crippen molar-refractivity contribution in [3.8, 4) is 11.5 Å². The van der Waals surface area contributed by atoms with Crippen molar-refractivity contribution in [1.82, 2.24) is 4.72 Å². The van der Waals surface area contributed by atoms with Crippen molar-refractivity contribution < 1.29 is 17.9 Å². The molecule has 0 aliphatic rings. The van der Waals surface area contributed by atoms with Gasteiger partial charge < -0.3 is 9.47 Å². The second-order valence-corrected chi connectivity index (χ2v) is 8.20. The molecule has 0 aliphatic carbocycles.